The summed E-state index contributed by atoms with van der Waals surface area (Å²) >= 11 is 13.6. The van der Waals surface area contributed by atoms with Crippen LogP contribution in [0, 0.1) is 0 Å². The second kappa shape index (κ2) is 7.66. The highest BCUT2D eigenvalue weighted by atomic mass is 35.5. The van der Waals surface area contributed by atoms with Crippen LogP contribution in [0.2, 0.25) is 10.0 Å². The lowest BCUT2D eigenvalue weighted by Gasteiger charge is -2.01. The number of nitrogens with one attached hydrogen (secondary N) is 1. The summed E-state index contributed by atoms with van der Waals surface area (Å²) in [6.07, 6.45) is 1.71. The summed E-state index contributed by atoms with van der Waals surface area (Å²) in [5.74, 6) is 0.785. The van der Waals surface area contributed by atoms with E-state index in [1.54, 1.807) is 25.5 Å². The zero-order chi connectivity index (χ0) is 16.9. The zero-order valence-electron chi connectivity index (χ0n) is 12.7. The first kappa shape index (κ1) is 16.8. The monoisotopic (exact) mass is 377 g/mol. The predicted molar refractivity (Wildman–Crippen MR) is 102 cm³/mol. The Morgan fingerprint density at radius 3 is 2.88 bits per heavy atom. The lowest BCUT2D eigenvalue weighted by molar-refractivity contribution is 0.415. The van der Waals surface area contributed by atoms with E-state index in [1.165, 1.54) is 11.3 Å². The molecule has 0 saturated carbocycles. The molecular weight excluding hydrogens is 365 g/mol. The summed E-state index contributed by atoms with van der Waals surface area (Å²) in [4.78, 5) is 4.48. The number of hydrazone groups is 1. The predicted octanol–water partition coefficient (Wildman–Crippen LogP) is 5.57. The number of nitrogens with zero attached hydrogens (tertiary/aromatic N) is 2. The molecule has 0 aliphatic carbocycles. The minimum atomic E-state index is 0.569. The normalized spacial score (nSPS) is 11.0. The van der Waals surface area contributed by atoms with Crippen molar-refractivity contribution in [3.05, 3.63) is 63.5 Å². The van der Waals surface area contributed by atoms with Gasteiger partial charge in [-0.1, -0.05) is 35.3 Å². The molecule has 0 bridgehead atoms. The Morgan fingerprint density at radius 2 is 2.08 bits per heavy atom. The van der Waals surface area contributed by atoms with E-state index in [1.807, 2.05) is 35.7 Å². The van der Waals surface area contributed by atoms with Gasteiger partial charge in [-0.25, -0.2) is 4.98 Å². The number of hydrogen-bond donors (Lipinski definition) is 1. The van der Waals surface area contributed by atoms with Crippen LogP contribution in [0.4, 0.5) is 5.13 Å². The van der Waals surface area contributed by atoms with Gasteiger partial charge in [-0.15, -0.1) is 11.3 Å². The van der Waals surface area contributed by atoms with E-state index in [0.717, 1.165) is 22.6 Å². The lowest BCUT2D eigenvalue weighted by Crippen LogP contribution is -1.91. The van der Waals surface area contributed by atoms with Crippen molar-refractivity contribution in [1.29, 1.82) is 0 Å². The van der Waals surface area contributed by atoms with Gasteiger partial charge >= 0.3 is 0 Å². The number of thiazole rings is 1. The number of methoxy groups -OCH3 is 1. The number of anilines is 1. The molecule has 0 spiro atoms. The van der Waals surface area contributed by atoms with Crippen molar-refractivity contribution < 1.29 is 4.74 Å². The molecule has 0 aliphatic heterocycles. The van der Waals surface area contributed by atoms with Crippen molar-refractivity contribution in [1.82, 2.24) is 4.98 Å². The first-order valence-electron chi connectivity index (χ1n) is 7.00. The average molecular weight is 378 g/mol. The molecule has 7 heteroatoms. The molecule has 0 fully saturated rings. The molecule has 24 heavy (non-hydrogen) atoms. The van der Waals surface area contributed by atoms with Crippen molar-refractivity contribution in [2.24, 2.45) is 5.10 Å². The van der Waals surface area contributed by atoms with Crippen LogP contribution in [-0.2, 0) is 0 Å². The van der Waals surface area contributed by atoms with Gasteiger partial charge in [0.05, 0.1) is 24.0 Å². The van der Waals surface area contributed by atoms with E-state index in [9.17, 15) is 0 Å². The Labute approximate surface area is 153 Å². The van der Waals surface area contributed by atoms with E-state index in [-0.39, 0.29) is 0 Å². The SMILES string of the molecule is COc1cccc(/C=N/Nc2nc(-c3ccc(Cl)cc3Cl)cs2)c1. The third kappa shape index (κ3) is 4.06. The highest BCUT2D eigenvalue weighted by molar-refractivity contribution is 7.14. The molecule has 0 radical (unpaired) electrons. The van der Waals surface area contributed by atoms with Crippen molar-refractivity contribution in [3.8, 4) is 17.0 Å². The van der Waals surface area contributed by atoms with Crippen molar-refractivity contribution in [2.75, 3.05) is 12.5 Å². The van der Waals surface area contributed by atoms with Crippen LogP contribution in [-0.4, -0.2) is 18.3 Å². The van der Waals surface area contributed by atoms with E-state index < -0.39 is 0 Å². The largest absolute Gasteiger partial charge is 0.497 e. The van der Waals surface area contributed by atoms with Gasteiger partial charge in [0.2, 0.25) is 5.13 Å². The Kier molecular flexibility index (Phi) is 5.35. The second-order valence-corrected chi connectivity index (χ2v) is 6.51. The quantitative estimate of drug-likeness (QED) is 0.466. The number of aromatic nitrogens is 1. The minimum Gasteiger partial charge on any atom is -0.497 e. The fourth-order valence-electron chi connectivity index (χ4n) is 2.03. The molecule has 1 aromatic heterocycles. The van der Waals surface area contributed by atoms with Crippen LogP contribution in [0.25, 0.3) is 11.3 Å². The first-order chi connectivity index (χ1) is 11.7. The van der Waals surface area contributed by atoms with E-state index in [0.29, 0.717) is 15.2 Å². The zero-order valence-corrected chi connectivity index (χ0v) is 15.0. The molecule has 4 nitrogen and oxygen atoms in total. The molecule has 3 rings (SSSR count). The number of hydrogen-bond acceptors (Lipinski definition) is 5. The molecule has 1 N–H and O–H groups in total. The van der Waals surface area contributed by atoms with Crippen LogP contribution in [0.5, 0.6) is 5.75 Å². The molecule has 1 heterocycles. The lowest BCUT2D eigenvalue weighted by atomic mass is 10.2. The van der Waals surface area contributed by atoms with Gasteiger partial charge in [0.1, 0.15) is 5.75 Å². The molecule has 0 amide bonds. The van der Waals surface area contributed by atoms with Gasteiger partial charge in [-0.2, -0.15) is 5.10 Å². The third-order valence-corrected chi connectivity index (χ3v) is 4.47. The molecular formula is C17H13Cl2N3OS. The molecule has 0 aliphatic rings. The maximum Gasteiger partial charge on any atom is 0.203 e. The summed E-state index contributed by atoms with van der Waals surface area (Å²) < 4.78 is 5.18. The maximum atomic E-state index is 6.20. The number of benzene rings is 2. The topological polar surface area (TPSA) is 46.5 Å². The Morgan fingerprint density at radius 1 is 1.21 bits per heavy atom. The van der Waals surface area contributed by atoms with E-state index in [4.69, 9.17) is 27.9 Å². The van der Waals surface area contributed by atoms with Crippen molar-refractivity contribution in [3.63, 3.8) is 0 Å². The highest BCUT2D eigenvalue weighted by Crippen LogP contribution is 2.32. The van der Waals surface area contributed by atoms with E-state index in [2.05, 4.69) is 15.5 Å². The van der Waals surface area contributed by atoms with Gasteiger partial charge in [0.25, 0.3) is 0 Å². The number of halogens is 2. The van der Waals surface area contributed by atoms with Crippen molar-refractivity contribution in [2.45, 2.75) is 0 Å². The van der Waals surface area contributed by atoms with Crippen LogP contribution in [0.1, 0.15) is 5.56 Å². The first-order valence-corrected chi connectivity index (χ1v) is 8.63. The summed E-state index contributed by atoms with van der Waals surface area (Å²) in [6.45, 7) is 0. The molecule has 122 valence electrons. The van der Waals surface area contributed by atoms with Crippen LogP contribution in [0.3, 0.4) is 0 Å². The maximum absolute atomic E-state index is 6.20. The van der Waals surface area contributed by atoms with E-state index >= 15 is 0 Å². The summed E-state index contributed by atoms with van der Waals surface area (Å²) in [5, 5.41) is 7.95. The molecule has 0 unspecified atom stereocenters. The fraction of sp³-hybridized carbons (Fsp3) is 0.0588. The van der Waals surface area contributed by atoms with Crippen LogP contribution >= 0.6 is 34.5 Å². The molecule has 3 aromatic rings. The molecule has 2 aromatic carbocycles. The number of ether oxygens (including phenoxy) is 1. The average Bonchev–Trinajstić information content (AvgIpc) is 3.03. The van der Waals surface area contributed by atoms with Gasteiger partial charge in [0, 0.05) is 16.0 Å². The Hall–Kier alpha value is -2.08. The van der Waals surface area contributed by atoms with Gasteiger partial charge < -0.3 is 4.74 Å². The minimum absolute atomic E-state index is 0.569. The van der Waals surface area contributed by atoms with Gasteiger partial charge in [0.15, 0.2) is 0 Å². The summed E-state index contributed by atoms with van der Waals surface area (Å²) in [5.41, 5.74) is 5.46. The third-order valence-electron chi connectivity index (χ3n) is 3.18. The van der Waals surface area contributed by atoms with Gasteiger partial charge in [-0.05, 0) is 35.9 Å². The summed E-state index contributed by atoms with van der Waals surface area (Å²) in [7, 11) is 1.63. The number of rotatable bonds is 5. The van der Waals surface area contributed by atoms with Crippen LogP contribution < -0.4 is 10.2 Å². The Bertz CT molecular complexity index is 880. The van der Waals surface area contributed by atoms with Gasteiger partial charge in [-0.3, -0.25) is 5.43 Å². The standard InChI is InChI=1S/C17H13Cl2N3OS/c1-23-13-4-2-3-11(7-13)9-20-22-17-21-16(10-24-17)14-6-5-12(18)8-15(14)19/h2-10H,1H3,(H,21,22)/b20-9+. The van der Waals surface area contributed by atoms with Crippen molar-refractivity contribution >= 4 is 45.9 Å². The second-order valence-electron chi connectivity index (χ2n) is 4.81. The molecule has 0 atom stereocenters. The summed E-state index contributed by atoms with van der Waals surface area (Å²) in [6, 6.07) is 13.0. The molecule has 0 saturated heterocycles. The highest BCUT2D eigenvalue weighted by Gasteiger charge is 2.08. The smallest absolute Gasteiger partial charge is 0.203 e. The Balaban J connectivity index is 1.71. The van der Waals surface area contributed by atoms with Crippen LogP contribution in [0.15, 0.2) is 52.9 Å². The fourth-order valence-corrected chi connectivity index (χ4v) is 3.19.